The molecular weight excluding hydrogens is 316 g/mol. The van der Waals surface area contributed by atoms with Crippen LogP contribution in [0.15, 0.2) is 45.5 Å². The summed E-state index contributed by atoms with van der Waals surface area (Å²) in [5.41, 5.74) is 1.95. The zero-order chi connectivity index (χ0) is 13.7. The second-order valence-electron chi connectivity index (χ2n) is 6.07. The Morgan fingerprint density at radius 1 is 1.05 bits per heavy atom. The molecule has 1 fully saturated rings. The first kappa shape index (κ1) is 12.7. The van der Waals surface area contributed by atoms with E-state index in [9.17, 15) is 5.11 Å². The first-order valence-electron chi connectivity index (χ1n) is 7.22. The summed E-state index contributed by atoms with van der Waals surface area (Å²) in [5, 5.41) is 11.4. The van der Waals surface area contributed by atoms with Crippen LogP contribution in [0, 0.1) is 11.8 Å². The first-order valence-corrected chi connectivity index (χ1v) is 8.01. The van der Waals surface area contributed by atoms with Crippen LogP contribution in [-0.2, 0) is 18.4 Å². The van der Waals surface area contributed by atoms with Crippen molar-refractivity contribution in [3.05, 3.63) is 58.0 Å². The second-order valence-corrected chi connectivity index (χ2v) is 6.93. The van der Waals surface area contributed by atoms with Crippen molar-refractivity contribution in [3.63, 3.8) is 0 Å². The fraction of sp³-hybridized carbons (Fsp3) is 0.412. The van der Waals surface area contributed by atoms with E-state index in [1.807, 2.05) is 6.07 Å². The van der Waals surface area contributed by atoms with Gasteiger partial charge in [-0.2, -0.15) is 0 Å². The summed E-state index contributed by atoms with van der Waals surface area (Å²) >= 11 is 3.53. The summed E-state index contributed by atoms with van der Waals surface area (Å²) in [7, 11) is 0. The molecule has 0 spiro atoms. The van der Waals surface area contributed by atoms with Crippen LogP contribution in [0.3, 0.4) is 0 Å². The molecule has 3 heteroatoms. The Balaban J connectivity index is 1.83. The number of fused-ring (bicyclic) bond motifs is 3. The van der Waals surface area contributed by atoms with E-state index in [-0.39, 0.29) is 11.8 Å². The van der Waals surface area contributed by atoms with Gasteiger partial charge in [0, 0.05) is 0 Å². The maximum absolute atomic E-state index is 11.4. The van der Waals surface area contributed by atoms with E-state index < -0.39 is 5.60 Å². The third kappa shape index (κ3) is 1.66. The Kier molecular flexibility index (Phi) is 2.83. The van der Waals surface area contributed by atoms with Gasteiger partial charge in [0.1, 0.15) is 11.4 Å². The van der Waals surface area contributed by atoms with Gasteiger partial charge in [0.2, 0.25) is 0 Å². The largest absolute Gasteiger partial charge is 0.465 e. The van der Waals surface area contributed by atoms with Gasteiger partial charge in [-0.15, -0.1) is 0 Å². The van der Waals surface area contributed by atoms with Gasteiger partial charge < -0.3 is 9.52 Å². The van der Waals surface area contributed by atoms with Crippen LogP contribution in [0.1, 0.15) is 29.7 Å². The van der Waals surface area contributed by atoms with E-state index in [2.05, 4.69) is 40.2 Å². The predicted octanol–water partition coefficient (Wildman–Crippen LogP) is 4.05. The van der Waals surface area contributed by atoms with Crippen LogP contribution < -0.4 is 0 Å². The zero-order valence-corrected chi connectivity index (χ0v) is 12.8. The van der Waals surface area contributed by atoms with E-state index >= 15 is 0 Å². The van der Waals surface area contributed by atoms with Crippen molar-refractivity contribution in [2.75, 3.05) is 0 Å². The van der Waals surface area contributed by atoms with Crippen LogP contribution >= 0.6 is 15.9 Å². The molecule has 0 aliphatic heterocycles. The number of rotatable bonds is 1. The smallest absolute Gasteiger partial charge is 0.150 e. The SMILES string of the molecule is OC1(c2occc2Br)C2CCC1Cc1ccccc1C2. The molecule has 104 valence electrons. The fourth-order valence-electron chi connectivity index (χ4n) is 4.13. The highest BCUT2D eigenvalue weighted by molar-refractivity contribution is 9.10. The van der Waals surface area contributed by atoms with Gasteiger partial charge in [-0.05, 0) is 70.6 Å². The highest BCUT2D eigenvalue weighted by Gasteiger charge is 2.54. The number of hydrogen-bond donors (Lipinski definition) is 1. The van der Waals surface area contributed by atoms with Gasteiger partial charge in [0.15, 0.2) is 0 Å². The van der Waals surface area contributed by atoms with Gasteiger partial charge in [-0.1, -0.05) is 24.3 Å². The van der Waals surface area contributed by atoms with Crippen molar-refractivity contribution in [1.29, 1.82) is 0 Å². The molecule has 2 nitrogen and oxygen atoms in total. The quantitative estimate of drug-likeness (QED) is 0.854. The molecule has 2 atom stereocenters. The van der Waals surface area contributed by atoms with Gasteiger partial charge >= 0.3 is 0 Å². The van der Waals surface area contributed by atoms with Crippen LogP contribution in [-0.4, -0.2) is 5.11 Å². The average molecular weight is 333 g/mol. The van der Waals surface area contributed by atoms with E-state index in [4.69, 9.17) is 4.42 Å². The number of hydrogen-bond acceptors (Lipinski definition) is 2. The average Bonchev–Trinajstić information content (AvgIpc) is 2.94. The Labute approximate surface area is 126 Å². The highest BCUT2D eigenvalue weighted by atomic mass is 79.9. The molecule has 20 heavy (non-hydrogen) atoms. The van der Waals surface area contributed by atoms with Crippen LogP contribution in [0.5, 0.6) is 0 Å². The molecular formula is C17H17BrO2. The van der Waals surface area contributed by atoms with Crippen LogP contribution in [0.25, 0.3) is 0 Å². The molecule has 0 radical (unpaired) electrons. The number of aliphatic hydroxyl groups is 1. The molecule has 4 rings (SSSR count). The molecule has 2 bridgehead atoms. The summed E-state index contributed by atoms with van der Waals surface area (Å²) in [6.07, 6.45) is 5.69. The molecule has 2 unspecified atom stereocenters. The Hall–Kier alpha value is -1.06. The molecule has 2 aromatic rings. The molecule has 2 aliphatic carbocycles. The molecule has 1 saturated carbocycles. The summed E-state index contributed by atoms with van der Waals surface area (Å²) in [4.78, 5) is 0. The van der Waals surface area contributed by atoms with Crippen molar-refractivity contribution < 1.29 is 9.52 Å². The van der Waals surface area contributed by atoms with Gasteiger partial charge in [0.05, 0.1) is 10.7 Å². The van der Waals surface area contributed by atoms with E-state index in [0.717, 1.165) is 35.9 Å². The lowest BCUT2D eigenvalue weighted by atomic mass is 9.80. The van der Waals surface area contributed by atoms with Crippen LogP contribution in [0.4, 0.5) is 0 Å². The summed E-state index contributed by atoms with van der Waals surface area (Å²) in [6, 6.07) is 10.5. The topological polar surface area (TPSA) is 33.4 Å². The fourth-order valence-corrected chi connectivity index (χ4v) is 4.65. The number of benzene rings is 1. The highest BCUT2D eigenvalue weighted by Crippen LogP contribution is 2.54. The minimum absolute atomic E-state index is 0.249. The van der Waals surface area contributed by atoms with E-state index in [1.165, 1.54) is 11.1 Å². The molecule has 1 N–H and O–H groups in total. The van der Waals surface area contributed by atoms with Gasteiger partial charge in [0.25, 0.3) is 0 Å². The number of halogens is 1. The lowest BCUT2D eigenvalue weighted by molar-refractivity contribution is -0.0581. The lowest BCUT2D eigenvalue weighted by Crippen LogP contribution is -2.37. The van der Waals surface area contributed by atoms with E-state index in [1.54, 1.807) is 6.26 Å². The summed E-state index contributed by atoms with van der Waals surface area (Å²) < 4.78 is 6.54. The predicted molar refractivity (Wildman–Crippen MR) is 80.4 cm³/mol. The van der Waals surface area contributed by atoms with Crippen molar-refractivity contribution in [2.45, 2.75) is 31.3 Å². The summed E-state index contributed by atoms with van der Waals surface area (Å²) in [6.45, 7) is 0. The molecule has 0 amide bonds. The monoisotopic (exact) mass is 332 g/mol. The van der Waals surface area contributed by atoms with Crippen molar-refractivity contribution in [1.82, 2.24) is 0 Å². The minimum atomic E-state index is -0.832. The Morgan fingerprint density at radius 3 is 2.15 bits per heavy atom. The maximum Gasteiger partial charge on any atom is 0.150 e. The van der Waals surface area contributed by atoms with Crippen molar-refractivity contribution in [3.8, 4) is 0 Å². The second kappa shape index (κ2) is 4.47. The Bertz CT molecular complexity index is 613. The lowest BCUT2D eigenvalue weighted by Gasteiger charge is -2.32. The van der Waals surface area contributed by atoms with Gasteiger partial charge in [-0.3, -0.25) is 0 Å². The minimum Gasteiger partial charge on any atom is -0.465 e. The molecule has 1 aromatic carbocycles. The molecule has 1 aromatic heterocycles. The number of furan rings is 1. The third-order valence-electron chi connectivity index (χ3n) is 5.14. The van der Waals surface area contributed by atoms with Crippen molar-refractivity contribution >= 4 is 15.9 Å². The van der Waals surface area contributed by atoms with Crippen molar-refractivity contribution in [2.24, 2.45) is 11.8 Å². The zero-order valence-electron chi connectivity index (χ0n) is 11.2. The third-order valence-corrected chi connectivity index (χ3v) is 5.76. The molecule has 0 saturated heterocycles. The maximum atomic E-state index is 11.4. The van der Waals surface area contributed by atoms with Crippen LogP contribution in [0.2, 0.25) is 0 Å². The molecule has 2 aliphatic rings. The normalized spacial score (nSPS) is 31.9. The molecule has 1 heterocycles. The Morgan fingerprint density at radius 2 is 1.65 bits per heavy atom. The van der Waals surface area contributed by atoms with Gasteiger partial charge in [-0.25, -0.2) is 0 Å². The summed E-state index contributed by atoms with van der Waals surface area (Å²) in [5.74, 6) is 1.22. The first-order chi connectivity index (χ1) is 9.69. The standard InChI is InChI=1S/C17H17BrO2/c18-15-7-8-20-16(15)17(19)13-5-6-14(17)10-12-4-2-1-3-11(12)9-13/h1-4,7-8,13-14,19H,5-6,9-10H2. The van der Waals surface area contributed by atoms with E-state index in [0.29, 0.717) is 0 Å².